The molecule has 0 heterocycles. The molecule has 0 fully saturated rings. The zero-order valence-electron chi connectivity index (χ0n) is 13.5. The van der Waals surface area contributed by atoms with Crippen LogP contribution in [0.5, 0.6) is 5.75 Å². The van der Waals surface area contributed by atoms with Crippen LogP contribution in [0.1, 0.15) is 37.8 Å². The number of ether oxygens (including phenoxy) is 1. The standard InChI is InChI=1S/C19H20N2O2/c1-13(2)16-7-9-17(10-8-16)21-19(22)14(3)23-18-6-4-5-15(11-18)12-20/h4-11,13-14H,1-3H3,(H,21,22). The molecule has 0 aliphatic carbocycles. The van der Waals surface area contributed by atoms with E-state index in [9.17, 15) is 4.79 Å². The third-order valence-electron chi connectivity index (χ3n) is 3.49. The summed E-state index contributed by atoms with van der Waals surface area (Å²) < 4.78 is 5.59. The van der Waals surface area contributed by atoms with Crippen molar-refractivity contribution in [3.8, 4) is 11.8 Å². The Morgan fingerprint density at radius 3 is 2.43 bits per heavy atom. The minimum atomic E-state index is -0.659. The number of amides is 1. The van der Waals surface area contributed by atoms with Gasteiger partial charge in [0.05, 0.1) is 11.6 Å². The average Bonchev–Trinajstić information content (AvgIpc) is 2.55. The van der Waals surface area contributed by atoms with E-state index in [1.165, 1.54) is 5.56 Å². The highest BCUT2D eigenvalue weighted by Crippen LogP contribution is 2.18. The molecule has 1 amide bonds. The molecule has 0 aliphatic heterocycles. The highest BCUT2D eigenvalue weighted by Gasteiger charge is 2.15. The first-order valence-electron chi connectivity index (χ1n) is 7.57. The second-order valence-corrected chi connectivity index (χ2v) is 5.67. The molecule has 118 valence electrons. The molecule has 1 atom stereocenters. The Kier molecular flexibility index (Phi) is 5.37. The lowest BCUT2D eigenvalue weighted by Crippen LogP contribution is -2.30. The predicted octanol–water partition coefficient (Wildman–Crippen LogP) is 4.09. The fraction of sp³-hybridized carbons (Fsp3) is 0.263. The molecule has 2 aromatic rings. The second kappa shape index (κ2) is 7.46. The smallest absolute Gasteiger partial charge is 0.265 e. The highest BCUT2D eigenvalue weighted by molar-refractivity contribution is 5.94. The van der Waals surface area contributed by atoms with E-state index >= 15 is 0 Å². The van der Waals surface area contributed by atoms with E-state index in [1.807, 2.05) is 30.3 Å². The van der Waals surface area contributed by atoms with Crippen molar-refractivity contribution in [2.24, 2.45) is 0 Å². The summed E-state index contributed by atoms with van der Waals surface area (Å²) in [5.41, 5.74) is 2.46. The number of anilines is 1. The third kappa shape index (κ3) is 4.58. The number of carbonyl (C=O) groups is 1. The SMILES string of the molecule is CC(Oc1cccc(C#N)c1)C(=O)Nc1ccc(C(C)C)cc1. The number of carbonyl (C=O) groups excluding carboxylic acids is 1. The van der Waals surface area contributed by atoms with Crippen molar-refractivity contribution in [2.45, 2.75) is 32.8 Å². The summed E-state index contributed by atoms with van der Waals surface area (Å²) in [7, 11) is 0. The normalized spacial score (nSPS) is 11.6. The molecule has 0 spiro atoms. The Morgan fingerprint density at radius 2 is 1.83 bits per heavy atom. The number of nitriles is 1. The molecule has 0 radical (unpaired) electrons. The lowest BCUT2D eigenvalue weighted by atomic mass is 10.0. The minimum absolute atomic E-state index is 0.232. The first kappa shape index (κ1) is 16.6. The number of hydrogen-bond acceptors (Lipinski definition) is 3. The number of benzene rings is 2. The second-order valence-electron chi connectivity index (χ2n) is 5.67. The Hall–Kier alpha value is -2.80. The van der Waals surface area contributed by atoms with Crippen LogP contribution in [0.4, 0.5) is 5.69 Å². The van der Waals surface area contributed by atoms with Gasteiger partial charge in [-0.05, 0) is 48.7 Å². The Labute approximate surface area is 136 Å². The van der Waals surface area contributed by atoms with Crippen molar-refractivity contribution in [3.63, 3.8) is 0 Å². The molecular formula is C19H20N2O2. The first-order chi connectivity index (χ1) is 11.0. The van der Waals surface area contributed by atoms with E-state index in [-0.39, 0.29) is 5.91 Å². The van der Waals surface area contributed by atoms with Gasteiger partial charge in [0.25, 0.3) is 5.91 Å². The molecule has 1 unspecified atom stereocenters. The van der Waals surface area contributed by atoms with Crippen LogP contribution in [-0.4, -0.2) is 12.0 Å². The number of hydrogen-bond donors (Lipinski definition) is 1. The third-order valence-corrected chi connectivity index (χ3v) is 3.49. The van der Waals surface area contributed by atoms with Crippen LogP contribution in [0.3, 0.4) is 0 Å². The molecule has 0 saturated carbocycles. The van der Waals surface area contributed by atoms with Crippen molar-refractivity contribution in [1.82, 2.24) is 0 Å². The fourth-order valence-electron chi connectivity index (χ4n) is 2.09. The summed E-state index contributed by atoms with van der Waals surface area (Å²) in [6.45, 7) is 5.93. The van der Waals surface area contributed by atoms with Gasteiger partial charge >= 0.3 is 0 Å². The van der Waals surface area contributed by atoms with Gasteiger partial charge in [-0.1, -0.05) is 32.0 Å². The molecule has 2 aromatic carbocycles. The summed E-state index contributed by atoms with van der Waals surface area (Å²) in [5.74, 6) is 0.723. The Bertz CT molecular complexity index is 715. The van der Waals surface area contributed by atoms with Gasteiger partial charge < -0.3 is 10.1 Å². The van der Waals surface area contributed by atoms with Crippen LogP contribution in [0.25, 0.3) is 0 Å². The molecular weight excluding hydrogens is 288 g/mol. The van der Waals surface area contributed by atoms with E-state index < -0.39 is 6.10 Å². The van der Waals surface area contributed by atoms with Gasteiger partial charge in [-0.15, -0.1) is 0 Å². The van der Waals surface area contributed by atoms with Crippen LogP contribution in [0.15, 0.2) is 48.5 Å². The van der Waals surface area contributed by atoms with Gasteiger partial charge in [0.2, 0.25) is 0 Å². The van der Waals surface area contributed by atoms with E-state index in [0.29, 0.717) is 17.2 Å². The largest absolute Gasteiger partial charge is 0.481 e. The molecule has 0 saturated heterocycles. The maximum Gasteiger partial charge on any atom is 0.265 e. The zero-order chi connectivity index (χ0) is 16.8. The van der Waals surface area contributed by atoms with Crippen molar-refractivity contribution in [1.29, 1.82) is 5.26 Å². The molecule has 0 bridgehead atoms. The minimum Gasteiger partial charge on any atom is -0.481 e. The highest BCUT2D eigenvalue weighted by atomic mass is 16.5. The average molecular weight is 308 g/mol. The summed E-state index contributed by atoms with van der Waals surface area (Å²) in [6, 6.07) is 16.6. The number of nitrogens with one attached hydrogen (secondary N) is 1. The summed E-state index contributed by atoms with van der Waals surface area (Å²) >= 11 is 0. The van der Waals surface area contributed by atoms with Crippen LogP contribution >= 0.6 is 0 Å². The Morgan fingerprint density at radius 1 is 1.13 bits per heavy atom. The van der Waals surface area contributed by atoms with Crippen molar-refractivity contribution >= 4 is 11.6 Å². The van der Waals surface area contributed by atoms with E-state index in [1.54, 1.807) is 31.2 Å². The van der Waals surface area contributed by atoms with Crippen LogP contribution in [0.2, 0.25) is 0 Å². The molecule has 4 nitrogen and oxygen atoms in total. The van der Waals surface area contributed by atoms with Crippen molar-refractivity contribution in [2.75, 3.05) is 5.32 Å². The summed E-state index contributed by atoms with van der Waals surface area (Å²) in [6.07, 6.45) is -0.659. The quantitative estimate of drug-likeness (QED) is 0.905. The van der Waals surface area contributed by atoms with E-state index in [2.05, 4.69) is 19.2 Å². The van der Waals surface area contributed by atoms with Gasteiger partial charge in [-0.2, -0.15) is 5.26 Å². The predicted molar refractivity (Wildman–Crippen MR) is 90.4 cm³/mol. The van der Waals surface area contributed by atoms with Gasteiger partial charge in [0.1, 0.15) is 5.75 Å². The lowest BCUT2D eigenvalue weighted by Gasteiger charge is -2.15. The van der Waals surface area contributed by atoms with Gasteiger partial charge in [-0.25, -0.2) is 0 Å². The van der Waals surface area contributed by atoms with Crippen molar-refractivity contribution < 1.29 is 9.53 Å². The molecule has 0 aromatic heterocycles. The van der Waals surface area contributed by atoms with E-state index in [0.717, 1.165) is 5.69 Å². The maximum absolute atomic E-state index is 12.2. The summed E-state index contributed by atoms with van der Waals surface area (Å²) in [4.78, 5) is 12.2. The molecule has 4 heteroatoms. The fourth-order valence-corrected chi connectivity index (χ4v) is 2.09. The topological polar surface area (TPSA) is 62.1 Å². The molecule has 23 heavy (non-hydrogen) atoms. The van der Waals surface area contributed by atoms with Gasteiger partial charge in [-0.3, -0.25) is 4.79 Å². The van der Waals surface area contributed by atoms with Gasteiger partial charge in [0.15, 0.2) is 6.10 Å². The summed E-state index contributed by atoms with van der Waals surface area (Å²) in [5, 5.41) is 11.7. The zero-order valence-corrected chi connectivity index (χ0v) is 13.5. The van der Waals surface area contributed by atoms with Crippen molar-refractivity contribution in [3.05, 3.63) is 59.7 Å². The van der Waals surface area contributed by atoms with Crippen LogP contribution < -0.4 is 10.1 Å². The van der Waals surface area contributed by atoms with Crippen LogP contribution in [-0.2, 0) is 4.79 Å². The maximum atomic E-state index is 12.2. The number of rotatable bonds is 5. The number of nitrogens with zero attached hydrogens (tertiary/aromatic N) is 1. The Balaban J connectivity index is 1.98. The first-order valence-corrected chi connectivity index (χ1v) is 7.57. The molecule has 2 rings (SSSR count). The van der Waals surface area contributed by atoms with Gasteiger partial charge in [0, 0.05) is 5.69 Å². The lowest BCUT2D eigenvalue weighted by molar-refractivity contribution is -0.122. The molecule has 0 aliphatic rings. The molecule has 1 N–H and O–H groups in total. The van der Waals surface area contributed by atoms with Crippen LogP contribution in [0, 0.1) is 11.3 Å². The van der Waals surface area contributed by atoms with E-state index in [4.69, 9.17) is 10.00 Å². The monoisotopic (exact) mass is 308 g/mol.